The topological polar surface area (TPSA) is 65.5 Å². The van der Waals surface area contributed by atoms with E-state index in [4.69, 9.17) is 0 Å². The van der Waals surface area contributed by atoms with E-state index < -0.39 is 0 Å². The second kappa shape index (κ2) is 7.87. The summed E-state index contributed by atoms with van der Waals surface area (Å²) in [4.78, 5) is 33.5. The van der Waals surface area contributed by atoms with E-state index in [1.807, 2.05) is 28.0 Å². The molecule has 27 heavy (non-hydrogen) atoms. The van der Waals surface area contributed by atoms with Crippen molar-refractivity contribution in [1.29, 1.82) is 0 Å². The Labute approximate surface area is 161 Å². The molecule has 1 saturated carbocycles. The molecular weight excluding hydrogens is 340 g/mol. The molecule has 1 atom stereocenters. The molecule has 6 heteroatoms. The van der Waals surface area contributed by atoms with E-state index in [2.05, 4.69) is 10.3 Å². The quantitative estimate of drug-likeness (QED) is 0.890. The number of pyridine rings is 1. The summed E-state index contributed by atoms with van der Waals surface area (Å²) in [6, 6.07) is 6.27. The van der Waals surface area contributed by atoms with Crippen LogP contribution in [0.5, 0.6) is 0 Å². The molecule has 1 aromatic heterocycles. The zero-order valence-corrected chi connectivity index (χ0v) is 16.0. The first-order chi connectivity index (χ1) is 13.1. The number of urea groups is 1. The van der Waals surface area contributed by atoms with Crippen LogP contribution < -0.4 is 5.32 Å². The van der Waals surface area contributed by atoms with Crippen molar-refractivity contribution in [3.63, 3.8) is 0 Å². The molecule has 1 N–H and O–H groups in total. The SMILES string of the molecule is O=C1CCC2(CCCN(C(=O)NC3CCCC3)C2)CN1Cc1ccccn1. The van der Waals surface area contributed by atoms with E-state index in [0.29, 0.717) is 19.0 Å². The van der Waals surface area contributed by atoms with E-state index in [1.54, 1.807) is 6.20 Å². The van der Waals surface area contributed by atoms with Crippen LogP contribution in [0.15, 0.2) is 24.4 Å². The van der Waals surface area contributed by atoms with Crippen molar-refractivity contribution in [2.75, 3.05) is 19.6 Å². The molecule has 3 amide bonds. The van der Waals surface area contributed by atoms with Gasteiger partial charge in [0.15, 0.2) is 0 Å². The molecule has 2 saturated heterocycles. The van der Waals surface area contributed by atoms with Crippen molar-refractivity contribution in [2.45, 2.75) is 64.0 Å². The van der Waals surface area contributed by atoms with Gasteiger partial charge in [-0.25, -0.2) is 4.79 Å². The lowest BCUT2D eigenvalue weighted by atomic mass is 9.73. The standard InChI is InChI=1S/C21H30N4O2/c26-19-9-11-21(16-25(19)14-18-8-3-4-12-22-18)10-5-13-24(15-21)20(27)23-17-6-1-2-7-17/h3-4,8,12,17H,1-2,5-7,9-11,13-16H2,(H,23,27). The fourth-order valence-electron chi connectivity index (χ4n) is 4.98. The first-order valence-corrected chi connectivity index (χ1v) is 10.4. The molecule has 1 aliphatic carbocycles. The lowest BCUT2D eigenvalue weighted by Gasteiger charge is -2.48. The lowest BCUT2D eigenvalue weighted by molar-refractivity contribution is -0.139. The number of hydrogen-bond acceptors (Lipinski definition) is 3. The van der Waals surface area contributed by atoms with E-state index >= 15 is 0 Å². The highest BCUT2D eigenvalue weighted by Crippen LogP contribution is 2.39. The summed E-state index contributed by atoms with van der Waals surface area (Å²) in [5, 5.41) is 3.23. The zero-order valence-electron chi connectivity index (χ0n) is 16.0. The normalized spacial score (nSPS) is 26.6. The average molecular weight is 370 g/mol. The van der Waals surface area contributed by atoms with Crippen molar-refractivity contribution < 1.29 is 9.59 Å². The predicted octanol–water partition coefficient (Wildman–Crippen LogP) is 2.94. The highest BCUT2D eigenvalue weighted by Gasteiger charge is 2.43. The molecule has 4 rings (SSSR count). The van der Waals surface area contributed by atoms with E-state index in [0.717, 1.165) is 57.4 Å². The number of rotatable bonds is 3. The van der Waals surface area contributed by atoms with Gasteiger partial charge in [0, 0.05) is 43.7 Å². The second-order valence-electron chi connectivity index (χ2n) is 8.53. The molecular formula is C21H30N4O2. The maximum atomic E-state index is 12.7. The lowest BCUT2D eigenvalue weighted by Crippen LogP contribution is -2.57. The van der Waals surface area contributed by atoms with Gasteiger partial charge in [-0.1, -0.05) is 18.9 Å². The molecule has 0 bridgehead atoms. The summed E-state index contributed by atoms with van der Waals surface area (Å²) in [5.41, 5.74) is 0.961. The first-order valence-electron chi connectivity index (χ1n) is 10.4. The fraction of sp³-hybridized carbons (Fsp3) is 0.667. The van der Waals surface area contributed by atoms with Gasteiger partial charge in [0.05, 0.1) is 12.2 Å². The van der Waals surface area contributed by atoms with Crippen molar-refractivity contribution in [1.82, 2.24) is 20.1 Å². The van der Waals surface area contributed by atoms with Crippen molar-refractivity contribution in [2.24, 2.45) is 5.41 Å². The van der Waals surface area contributed by atoms with Gasteiger partial charge < -0.3 is 15.1 Å². The first kappa shape index (κ1) is 18.3. The van der Waals surface area contributed by atoms with Gasteiger partial charge in [-0.3, -0.25) is 9.78 Å². The van der Waals surface area contributed by atoms with E-state index in [9.17, 15) is 9.59 Å². The minimum atomic E-state index is 0.0357. The van der Waals surface area contributed by atoms with Gasteiger partial charge in [0.2, 0.25) is 5.91 Å². The minimum absolute atomic E-state index is 0.0357. The maximum Gasteiger partial charge on any atom is 0.317 e. The third kappa shape index (κ3) is 4.25. The van der Waals surface area contributed by atoms with Gasteiger partial charge >= 0.3 is 6.03 Å². The van der Waals surface area contributed by atoms with Gasteiger partial charge in [-0.2, -0.15) is 0 Å². The number of carbonyl (C=O) groups is 2. The zero-order chi connectivity index (χ0) is 18.7. The second-order valence-corrected chi connectivity index (χ2v) is 8.53. The molecule has 1 spiro atoms. The van der Waals surface area contributed by atoms with Gasteiger partial charge in [-0.15, -0.1) is 0 Å². The summed E-state index contributed by atoms with van der Waals surface area (Å²) in [7, 11) is 0. The van der Waals surface area contributed by atoms with Gasteiger partial charge in [-0.05, 0) is 44.2 Å². The Bertz CT molecular complexity index is 674. The predicted molar refractivity (Wildman–Crippen MR) is 103 cm³/mol. The molecule has 6 nitrogen and oxygen atoms in total. The monoisotopic (exact) mass is 370 g/mol. The highest BCUT2D eigenvalue weighted by atomic mass is 16.2. The molecule has 3 aliphatic rings. The number of likely N-dealkylation sites (tertiary alicyclic amines) is 2. The van der Waals surface area contributed by atoms with Crippen LogP contribution in [0.4, 0.5) is 4.79 Å². The highest BCUT2D eigenvalue weighted by molar-refractivity contribution is 5.77. The summed E-state index contributed by atoms with van der Waals surface area (Å²) in [6.07, 6.45) is 10.0. The summed E-state index contributed by atoms with van der Waals surface area (Å²) >= 11 is 0. The Morgan fingerprint density at radius 2 is 2.04 bits per heavy atom. The molecule has 1 aromatic rings. The number of aromatic nitrogens is 1. The summed E-state index contributed by atoms with van der Waals surface area (Å²) < 4.78 is 0. The largest absolute Gasteiger partial charge is 0.336 e. The Hall–Kier alpha value is -2.11. The summed E-state index contributed by atoms with van der Waals surface area (Å²) in [5.74, 6) is 0.207. The number of carbonyl (C=O) groups excluding carboxylic acids is 2. The van der Waals surface area contributed by atoms with Crippen molar-refractivity contribution >= 4 is 11.9 Å². The third-order valence-electron chi connectivity index (χ3n) is 6.46. The van der Waals surface area contributed by atoms with E-state index in [1.165, 1.54) is 12.8 Å². The maximum absolute atomic E-state index is 12.7. The van der Waals surface area contributed by atoms with Crippen LogP contribution in [0.1, 0.15) is 57.1 Å². The molecule has 3 heterocycles. The van der Waals surface area contributed by atoms with Crippen LogP contribution in [-0.2, 0) is 11.3 Å². The number of piperidine rings is 2. The molecule has 0 aromatic carbocycles. The van der Waals surface area contributed by atoms with Crippen LogP contribution in [0.3, 0.4) is 0 Å². The van der Waals surface area contributed by atoms with Gasteiger partial charge in [0.25, 0.3) is 0 Å². The number of amides is 3. The van der Waals surface area contributed by atoms with Crippen LogP contribution in [-0.4, -0.2) is 52.4 Å². The Balaban J connectivity index is 1.40. The Morgan fingerprint density at radius 1 is 1.19 bits per heavy atom. The average Bonchev–Trinajstić information content (AvgIpc) is 3.19. The molecule has 0 radical (unpaired) electrons. The smallest absolute Gasteiger partial charge is 0.317 e. The van der Waals surface area contributed by atoms with Gasteiger partial charge in [0.1, 0.15) is 0 Å². The molecule has 146 valence electrons. The molecule has 3 fully saturated rings. The van der Waals surface area contributed by atoms with Crippen LogP contribution in [0.2, 0.25) is 0 Å². The molecule has 2 aliphatic heterocycles. The van der Waals surface area contributed by atoms with Crippen molar-refractivity contribution in [3.05, 3.63) is 30.1 Å². The fourth-order valence-corrected chi connectivity index (χ4v) is 4.98. The van der Waals surface area contributed by atoms with E-state index in [-0.39, 0.29) is 17.4 Å². The number of hydrogen-bond donors (Lipinski definition) is 1. The minimum Gasteiger partial charge on any atom is -0.336 e. The third-order valence-corrected chi connectivity index (χ3v) is 6.46. The van der Waals surface area contributed by atoms with Crippen LogP contribution in [0, 0.1) is 5.41 Å². The summed E-state index contributed by atoms with van der Waals surface area (Å²) in [6.45, 7) is 2.89. The Morgan fingerprint density at radius 3 is 2.81 bits per heavy atom. The Kier molecular flexibility index (Phi) is 5.32. The van der Waals surface area contributed by atoms with Crippen molar-refractivity contribution in [3.8, 4) is 0 Å². The van der Waals surface area contributed by atoms with Crippen LogP contribution in [0.25, 0.3) is 0 Å². The molecule has 1 unspecified atom stereocenters. The number of nitrogens with one attached hydrogen (secondary N) is 1. The number of nitrogens with zero attached hydrogens (tertiary/aromatic N) is 3. The van der Waals surface area contributed by atoms with Crippen LogP contribution >= 0.6 is 0 Å².